The molecule has 0 bridgehead atoms. The fourth-order valence-corrected chi connectivity index (χ4v) is 2.59. The van der Waals surface area contributed by atoms with Crippen LogP contribution in [0.1, 0.15) is 28.3 Å². The van der Waals surface area contributed by atoms with Gasteiger partial charge in [-0.25, -0.2) is 14.2 Å². The molecule has 106 valence electrons. The van der Waals surface area contributed by atoms with Gasteiger partial charge in [0.2, 0.25) is 0 Å². The first-order chi connectivity index (χ1) is 9.47. The Hall–Kier alpha value is -1.30. The first-order valence-corrected chi connectivity index (χ1v) is 6.92. The van der Waals surface area contributed by atoms with E-state index >= 15 is 0 Å². The van der Waals surface area contributed by atoms with Gasteiger partial charge in [0.25, 0.3) is 0 Å². The summed E-state index contributed by atoms with van der Waals surface area (Å²) < 4.78 is 29.2. The van der Waals surface area contributed by atoms with Crippen LogP contribution in [-0.4, -0.2) is 0 Å². The maximum Gasteiger partial charge on any atom is 0.134 e. The Morgan fingerprint density at radius 2 is 1.85 bits per heavy atom. The molecule has 0 aliphatic rings. The number of hydrazine groups is 1. The molecular formula is C15H15BrF2N2. The van der Waals surface area contributed by atoms with Crippen LogP contribution in [0.15, 0.2) is 34.8 Å². The Bertz CT molecular complexity index is 644. The number of halogens is 3. The predicted molar refractivity (Wildman–Crippen MR) is 79.1 cm³/mol. The number of rotatable bonds is 3. The fourth-order valence-electron chi connectivity index (χ4n) is 2.21. The minimum atomic E-state index is -0.743. The Labute approximate surface area is 125 Å². The van der Waals surface area contributed by atoms with Crippen molar-refractivity contribution < 1.29 is 8.78 Å². The van der Waals surface area contributed by atoms with Gasteiger partial charge in [-0.05, 0) is 42.7 Å². The molecule has 1 unspecified atom stereocenters. The lowest BCUT2D eigenvalue weighted by atomic mass is 9.93. The molecule has 1 atom stereocenters. The quantitative estimate of drug-likeness (QED) is 0.656. The summed E-state index contributed by atoms with van der Waals surface area (Å²) in [5, 5.41) is 0. The van der Waals surface area contributed by atoms with Crippen LogP contribution in [0.4, 0.5) is 8.78 Å². The summed E-state index contributed by atoms with van der Waals surface area (Å²) in [7, 11) is 0. The van der Waals surface area contributed by atoms with E-state index in [1.165, 1.54) is 12.1 Å². The maximum absolute atomic E-state index is 14.3. The lowest BCUT2D eigenvalue weighted by molar-refractivity contribution is 0.505. The van der Waals surface area contributed by atoms with Crippen molar-refractivity contribution in [2.75, 3.05) is 0 Å². The largest absolute Gasteiger partial charge is 0.271 e. The summed E-state index contributed by atoms with van der Waals surface area (Å²) in [5.41, 5.74) is 4.45. The van der Waals surface area contributed by atoms with Crippen LogP contribution in [0.25, 0.3) is 0 Å². The van der Waals surface area contributed by atoms with Gasteiger partial charge in [-0.15, -0.1) is 0 Å². The van der Waals surface area contributed by atoms with Crippen LogP contribution >= 0.6 is 15.9 Å². The monoisotopic (exact) mass is 340 g/mol. The van der Waals surface area contributed by atoms with Crippen LogP contribution in [-0.2, 0) is 0 Å². The SMILES string of the molecule is Cc1ccc(F)c(C(NN)c2cccc(Br)c2C)c1F. The van der Waals surface area contributed by atoms with Crippen molar-refractivity contribution in [3.05, 3.63) is 68.7 Å². The second-order valence-electron chi connectivity index (χ2n) is 4.65. The van der Waals surface area contributed by atoms with Crippen LogP contribution in [0.5, 0.6) is 0 Å². The number of aryl methyl sites for hydroxylation is 1. The summed E-state index contributed by atoms with van der Waals surface area (Å²) in [6, 6.07) is 7.40. The lowest BCUT2D eigenvalue weighted by Crippen LogP contribution is -2.31. The third kappa shape index (κ3) is 2.61. The van der Waals surface area contributed by atoms with Gasteiger partial charge in [-0.1, -0.05) is 34.1 Å². The van der Waals surface area contributed by atoms with Crippen LogP contribution < -0.4 is 11.3 Å². The molecule has 0 saturated carbocycles. The van der Waals surface area contributed by atoms with Gasteiger partial charge in [0.05, 0.1) is 6.04 Å². The molecule has 3 N–H and O–H groups in total. The molecule has 0 spiro atoms. The Balaban J connectivity index is 2.65. The maximum atomic E-state index is 14.3. The molecule has 0 saturated heterocycles. The highest BCUT2D eigenvalue weighted by molar-refractivity contribution is 9.10. The van der Waals surface area contributed by atoms with Gasteiger partial charge in [-0.3, -0.25) is 5.84 Å². The third-order valence-electron chi connectivity index (χ3n) is 3.40. The van der Waals surface area contributed by atoms with E-state index in [1.54, 1.807) is 13.0 Å². The lowest BCUT2D eigenvalue weighted by Gasteiger charge is -2.21. The summed E-state index contributed by atoms with van der Waals surface area (Å²) >= 11 is 3.41. The van der Waals surface area contributed by atoms with Gasteiger partial charge in [0, 0.05) is 10.0 Å². The van der Waals surface area contributed by atoms with Gasteiger partial charge < -0.3 is 0 Å². The molecule has 5 heteroatoms. The number of benzene rings is 2. The van der Waals surface area contributed by atoms with E-state index in [2.05, 4.69) is 21.4 Å². The van der Waals surface area contributed by atoms with Crippen molar-refractivity contribution in [1.82, 2.24) is 5.43 Å². The van der Waals surface area contributed by atoms with Gasteiger partial charge in [-0.2, -0.15) is 0 Å². The molecule has 2 nitrogen and oxygen atoms in total. The summed E-state index contributed by atoms with van der Waals surface area (Å²) in [5.74, 6) is 4.35. The summed E-state index contributed by atoms with van der Waals surface area (Å²) in [6.45, 7) is 3.47. The second kappa shape index (κ2) is 5.99. The van der Waals surface area contributed by atoms with Crippen molar-refractivity contribution in [2.45, 2.75) is 19.9 Å². The normalized spacial score (nSPS) is 12.5. The van der Waals surface area contributed by atoms with Crippen LogP contribution in [0.2, 0.25) is 0 Å². The topological polar surface area (TPSA) is 38.0 Å². The fraction of sp³-hybridized carbons (Fsp3) is 0.200. The Morgan fingerprint density at radius 3 is 2.50 bits per heavy atom. The van der Waals surface area contributed by atoms with Crippen molar-refractivity contribution in [3.63, 3.8) is 0 Å². The molecule has 0 aliphatic carbocycles. The van der Waals surface area contributed by atoms with E-state index in [0.717, 1.165) is 15.6 Å². The minimum absolute atomic E-state index is 0.0614. The zero-order chi connectivity index (χ0) is 14.9. The molecule has 2 aromatic rings. The summed E-state index contributed by atoms with van der Waals surface area (Å²) in [4.78, 5) is 0. The van der Waals surface area contributed by atoms with Crippen molar-refractivity contribution >= 4 is 15.9 Å². The van der Waals surface area contributed by atoms with Gasteiger partial charge in [0.15, 0.2) is 0 Å². The molecule has 0 radical (unpaired) electrons. The zero-order valence-corrected chi connectivity index (χ0v) is 12.8. The number of hydrogen-bond donors (Lipinski definition) is 2. The van der Waals surface area contributed by atoms with E-state index in [-0.39, 0.29) is 5.56 Å². The van der Waals surface area contributed by atoms with Gasteiger partial charge >= 0.3 is 0 Å². The molecule has 2 aromatic carbocycles. The standard InChI is InChI=1S/C15H15BrF2N2/c1-8-6-7-12(17)13(14(8)18)15(20-19)10-4-3-5-11(16)9(10)2/h3-7,15,20H,19H2,1-2H3. The third-order valence-corrected chi connectivity index (χ3v) is 4.25. The first-order valence-electron chi connectivity index (χ1n) is 6.13. The molecule has 0 aliphatic heterocycles. The number of nitrogens with one attached hydrogen (secondary N) is 1. The van der Waals surface area contributed by atoms with Crippen LogP contribution in [0.3, 0.4) is 0 Å². The second-order valence-corrected chi connectivity index (χ2v) is 5.50. The molecule has 0 amide bonds. The average Bonchev–Trinajstić information content (AvgIpc) is 2.43. The van der Waals surface area contributed by atoms with Crippen molar-refractivity contribution in [3.8, 4) is 0 Å². The highest BCUT2D eigenvalue weighted by Crippen LogP contribution is 2.32. The average molecular weight is 341 g/mol. The smallest absolute Gasteiger partial charge is 0.134 e. The summed E-state index contributed by atoms with van der Waals surface area (Å²) in [6.07, 6.45) is 0. The number of hydrogen-bond acceptors (Lipinski definition) is 2. The van der Waals surface area contributed by atoms with Gasteiger partial charge in [0.1, 0.15) is 11.6 Å². The molecule has 20 heavy (non-hydrogen) atoms. The Morgan fingerprint density at radius 1 is 1.15 bits per heavy atom. The van der Waals surface area contributed by atoms with E-state index < -0.39 is 17.7 Å². The predicted octanol–water partition coefficient (Wildman–Crippen LogP) is 3.90. The van der Waals surface area contributed by atoms with Crippen molar-refractivity contribution in [1.29, 1.82) is 0 Å². The van der Waals surface area contributed by atoms with E-state index in [4.69, 9.17) is 5.84 Å². The molecule has 0 heterocycles. The minimum Gasteiger partial charge on any atom is -0.271 e. The highest BCUT2D eigenvalue weighted by atomic mass is 79.9. The number of nitrogens with two attached hydrogens (primary N) is 1. The van der Waals surface area contributed by atoms with E-state index in [0.29, 0.717) is 5.56 Å². The Kier molecular flexibility index (Phi) is 4.52. The highest BCUT2D eigenvalue weighted by Gasteiger charge is 2.23. The first kappa shape index (κ1) is 15.1. The molecule has 2 rings (SSSR count). The van der Waals surface area contributed by atoms with E-state index in [9.17, 15) is 8.78 Å². The zero-order valence-electron chi connectivity index (χ0n) is 11.2. The van der Waals surface area contributed by atoms with Crippen LogP contribution in [0, 0.1) is 25.5 Å². The molecular weight excluding hydrogens is 326 g/mol. The van der Waals surface area contributed by atoms with Crippen molar-refractivity contribution in [2.24, 2.45) is 5.84 Å². The molecule has 0 aromatic heterocycles. The van der Waals surface area contributed by atoms with E-state index in [1.807, 2.05) is 19.1 Å². The molecule has 0 fully saturated rings.